The van der Waals surface area contributed by atoms with Gasteiger partial charge in [-0.25, -0.2) is 9.57 Å². The summed E-state index contributed by atoms with van der Waals surface area (Å²) in [5.74, 6) is -0.700. The number of aliphatic imine (C=N–C) groups is 1. The fourth-order valence-corrected chi connectivity index (χ4v) is 12.3. The molecule has 196 valence electrons. The highest BCUT2D eigenvalue weighted by molar-refractivity contribution is 7.04. The van der Waals surface area contributed by atoms with E-state index >= 15 is 0 Å². The molecule has 0 saturated carbocycles. The predicted molar refractivity (Wildman–Crippen MR) is 157 cm³/mol. The molecule has 36 heavy (non-hydrogen) atoms. The maximum absolute atomic E-state index is 10.8. The van der Waals surface area contributed by atoms with Crippen molar-refractivity contribution < 1.29 is 14.5 Å². The lowest BCUT2D eigenvalue weighted by atomic mass is 10.1. The van der Waals surface area contributed by atoms with Crippen LogP contribution in [0.15, 0.2) is 46.6 Å². The lowest BCUT2D eigenvalue weighted by molar-refractivity contribution is -0.523. The molecule has 0 bridgehead atoms. The smallest absolute Gasteiger partial charge is 0.303 e. The Bertz CT molecular complexity index is 1070. The van der Waals surface area contributed by atoms with Gasteiger partial charge in [0, 0.05) is 43.8 Å². The summed E-state index contributed by atoms with van der Waals surface area (Å²) in [4.78, 5) is 18.5. The molecule has 1 aromatic carbocycles. The Labute approximate surface area is 219 Å². The standard InChI is InChI=1S/C30H45N3O2Si/c1-8-32(9-2)24-15-17-26-28(20-24)36(22(4)5,23(6)7)29-21-25(16-18-27(29)31-26)33(10-3)19-13-11-12-14-30(34)35/h15-18,20-23H,8-14,19H2,1-7H3/p+1. The molecule has 0 saturated heterocycles. The summed E-state index contributed by atoms with van der Waals surface area (Å²) in [7, 11) is -2.14. The van der Waals surface area contributed by atoms with Gasteiger partial charge in [-0.05, 0) is 79.4 Å². The van der Waals surface area contributed by atoms with Crippen molar-refractivity contribution in [3.63, 3.8) is 0 Å². The first-order valence-corrected chi connectivity index (χ1v) is 16.1. The van der Waals surface area contributed by atoms with Gasteiger partial charge in [0.2, 0.25) is 0 Å². The molecule has 1 aliphatic carbocycles. The van der Waals surface area contributed by atoms with Crippen LogP contribution in [0.1, 0.15) is 74.1 Å². The van der Waals surface area contributed by atoms with Gasteiger partial charge in [0.15, 0.2) is 5.71 Å². The van der Waals surface area contributed by atoms with Crippen molar-refractivity contribution in [1.29, 1.82) is 0 Å². The van der Waals surface area contributed by atoms with E-state index in [-0.39, 0.29) is 6.42 Å². The van der Waals surface area contributed by atoms with Gasteiger partial charge in [-0.2, -0.15) is 0 Å². The summed E-state index contributed by atoms with van der Waals surface area (Å²) in [6.07, 6.45) is 9.90. The van der Waals surface area contributed by atoms with E-state index < -0.39 is 14.0 Å². The number of hydrogen-bond acceptors (Lipinski definition) is 3. The van der Waals surface area contributed by atoms with Crippen molar-refractivity contribution in [1.82, 2.24) is 0 Å². The third-order valence-corrected chi connectivity index (χ3v) is 14.3. The molecule has 6 heteroatoms. The Morgan fingerprint density at radius 3 is 2.31 bits per heavy atom. The molecule has 0 amide bonds. The van der Waals surface area contributed by atoms with Crippen LogP contribution in [0.4, 0.5) is 11.4 Å². The number of nitrogens with zero attached hydrogens (tertiary/aromatic N) is 3. The van der Waals surface area contributed by atoms with E-state index in [1.807, 2.05) is 0 Å². The zero-order chi connectivity index (χ0) is 26.5. The minimum absolute atomic E-state index is 0.262. The molecule has 1 aromatic rings. The summed E-state index contributed by atoms with van der Waals surface area (Å²) in [6.45, 7) is 20.2. The predicted octanol–water partition coefficient (Wildman–Crippen LogP) is 6.25. The molecule has 1 aliphatic heterocycles. The Hall–Kier alpha value is -2.47. The van der Waals surface area contributed by atoms with Gasteiger partial charge in [-0.1, -0.05) is 27.7 Å². The van der Waals surface area contributed by atoms with Crippen molar-refractivity contribution in [3.8, 4) is 0 Å². The third-order valence-electron chi connectivity index (χ3n) is 8.11. The summed E-state index contributed by atoms with van der Waals surface area (Å²) in [5.41, 5.74) is 5.96. The summed E-state index contributed by atoms with van der Waals surface area (Å²) >= 11 is 0. The summed E-state index contributed by atoms with van der Waals surface area (Å²) in [6, 6.07) is 6.97. The zero-order valence-corrected chi connectivity index (χ0v) is 24.5. The normalized spacial score (nSPS) is 17.5. The number of hydrogen-bond donors (Lipinski definition) is 1. The number of anilines is 1. The number of benzene rings is 1. The quantitative estimate of drug-likeness (QED) is 0.157. The molecule has 1 heterocycles. The molecule has 0 radical (unpaired) electrons. The third kappa shape index (κ3) is 5.43. The molecular formula is C30H46N3O2Si+. The highest BCUT2D eigenvalue weighted by atomic mass is 28.3. The largest absolute Gasteiger partial charge is 0.481 e. The number of allylic oxidation sites excluding steroid dienone is 4. The van der Waals surface area contributed by atoms with Gasteiger partial charge in [-0.3, -0.25) is 4.79 Å². The maximum atomic E-state index is 10.8. The van der Waals surface area contributed by atoms with E-state index in [1.54, 1.807) is 0 Å². The van der Waals surface area contributed by atoms with E-state index in [0.29, 0.717) is 11.1 Å². The second kappa shape index (κ2) is 12.2. The molecule has 0 unspecified atom stereocenters. The lowest BCUT2D eigenvalue weighted by Gasteiger charge is -2.45. The molecule has 3 rings (SSSR count). The number of rotatable bonds is 12. The number of aliphatic carboxylic acids is 1. The molecular weight excluding hydrogens is 462 g/mol. The topological polar surface area (TPSA) is 55.9 Å². The van der Waals surface area contributed by atoms with Crippen LogP contribution >= 0.6 is 0 Å². The van der Waals surface area contributed by atoms with Crippen molar-refractivity contribution in [2.75, 3.05) is 31.1 Å². The molecule has 1 N–H and O–H groups in total. The van der Waals surface area contributed by atoms with Crippen molar-refractivity contribution in [3.05, 3.63) is 41.6 Å². The van der Waals surface area contributed by atoms with Gasteiger partial charge in [0.05, 0.1) is 11.4 Å². The molecule has 0 atom stereocenters. The number of carboxylic acids is 1. The van der Waals surface area contributed by atoms with Gasteiger partial charge in [0.25, 0.3) is 0 Å². The average molecular weight is 509 g/mol. The van der Waals surface area contributed by atoms with E-state index in [4.69, 9.17) is 10.1 Å². The lowest BCUT2D eigenvalue weighted by Crippen LogP contribution is -2.59. The van der Waals surface area contributed by atoms with Crippen LogP contribution in [-0.4, -0.2) is 61.3 Å². The maximum Gasteiger partial charge on any atom is 0.303 e. The fraction of sp³-hybridized carbons (Fsp3) is 0.567. The first-order valence-electron chi connectivity index (χ1n) is 13.9. The van der Waals surface area contributed by atoms with Crippen molar-refractivity contribution in [2.24, 2.45) is 4.99 Å². The van der Waals surface area contributed by atoms with E-state index in [9.17, 15) is 4.79 Å². The number of carboxylic acid groups (broad SMARTS) is 1. The second-order valence-electron chi connectivity index (χ2n) is 10.6. The van der Waals surface area contributed by atoms with Crippen LogP contribution in [-0.2, 0) is 4.79 Å². The first-order chi connectivity index (χ1) is 17.2. The highest BCUT2D eigenvalue weighted by Crippen LogP contribution is 2.44. The van der Waals surface area contributed by atoms with Crippen molar-refractivity contribution >= 4 is 42.0 Å². The van der Waals surface area contributed by atoms with Crippen molar-refractivity contribution in [2.45, 2.75) is 85.2 Å². The van der Waals surface area contributed by atoms with Crippen LogP contribution in [0.3, 0.4) is 0 Å². The Morgan fingerprint density at radius 1 is 1.03 bits per heavy atom. The molecule has 2 aliphatic rings. The molecule has 5 nitrogen and oxygen atoms in total. The second-order valence-corrected chi connectivity index (χ2v) is 15.8. The molecule has 0 fully saturated rings. The fourth-order valence-electron chi connectivity index (χ4n) is 6.30. The zero-order valence-electron chi connectivity index (χ0n) is 23.5. The summed E-state index contributed by atoms with van der Waals surface area (Å²) < 4.78 is 2.45. The molecule has 0 aromatic heterocycles. The Morgan fingerprint density at radius 2 is 1.72 bits per heavy atom. The number of fused-ring (bicyclic) bond motifs is 2. The number of unbranched alkanes of at least 4 members (excludes halogenated alkanes) is 2. The minimum atomic E-state index is -2.14. The Kier molecular flexibility index (Phi) is 9.51. The van der Waals surface area contributed by atoms with Gasteiger partial charge >= 0.3 is 5.97 Å². The van der Waals surface area contributed by atoms with Gasteiger partial charge < -0.3 is 10.0 Å². The van der Waals surface area contributed by atoms with Crippen LogP contribution in [0, 0.1) is 0 Å². The van der Waals surface area contributed by atoms with Crippen LogP contribution in [0.25, 0.3) is 0 Å². The van der Waals surface area contributed by atoms with Crippen LogP contribution < -0.4 is 10.1 Å². The van der Waals surface area contributed by atoms with E-state index in [2.05, 4.69) is 94.4 Å². The summed E-state index contributed by atoms with van der Waals surface area (Å²) in [5, 5.41) is 11.9. The van der Waals surface area contributed by atoms with E-state index in [0.717, 1.165) is 56.8 Å². The Balaban J connectivity index is 2.09. The average Bonchev–Trinajstić information content (AvgIpc) is 2.84. The van der Waals surface area contributed by atoms with E-state index in [1.165, 1.54) is 21.8 Å². The minimum Gasteiger partial charge on any atom is -0.481 e. The molecule has 0 spiro atoms. The van der Waals surface area contributed by atoms with Gasteiger partial charge in [-0.15, -0.1) is 0 Å². The highest BCUT2D eigenvalue weighted by Gasteiger charge is 2.50. The number of carbonyl (C=O) groups is 1. The van der Waals surface area contributed by atoms with Crippen LogP contribution in [0.2, 0.25) is 11.1 Å². The SMILES string of the molecule is CCN(CC)c1ccc2c(c1)[Si](C(C)C)(C(C)C)C1=CC(=[N+](CC)CCCCCC(=O)O)C=CC1=N2. The van der Waals surface area contributed by atoms with Crippen LogP contribution in [0.5, 0.6) is 0 Å². The van der Waals surface area contributed by atoms with Gasteiger partial charge in [0.1, 0.15) is 21.2 Å². The monoisotopic (exact) mass is 508 g/mol. The first kappa shape index (κ1) is 28.1.